The minimum Gasteiger partial charge on any atom is -0.481 e. The monoisotopic (exact) mass is 307 g/mol. The zero-order chi connectivity index (χ0) is 16.0. The molecule has 0 aliphatic rings. The molecule has 0 saturated heterocycles. The minimum atomic E-state index is -0.723. The molecule has 5 nitrogen and oxygen atoms in total. The van der Waals surface area contributed by atoms with E-state index in [4.69, 9.17) is 15.6 Å². The molecular weight excluding hydrogens is 278 g/mol. The molecule has 0 rings (SSSR count). The Morgan fingerprint density at radius 1 is 1.20 bits per heavy atom. The molecule has 6 heteroatoms. The topological polar surface area (TPSA) is 89.6 Å². The lowest BCUT2D eigenvalue weighted by molar-refractivity contribution is -0.137. The molecule has 0 bridgehead atoms. The molecule has 0 aliphatic carbocycles. The average molecular weight is 307 g/mol. The Morgan fingerprint density at radius 2 is 1.80 bits per heavy atom. The summed E-state index contributed by atoms with van der Waals surface area (Å²) in [5, 5.41) is 8.43. The average Bonchev–Trinajstić information content (AvgIpc) is 2.28. The Bertz CT molecular complexity index is 260. The predicted octanol–water partition coefficient (Wildman–Crippen LogP) is 2.48. The van der Waals surface area contributed by atoms with Crippen LogP contribution < -0.4 is 5.73 Å². The van der Waals surface area contributed by atoms with Crippen molar-refractivity contribution in [3.8, 4) is 0 Å². The van der Waals surface area contributed by atoms with Gasteiger partial charge in [-0.2, -0.15) is 12.6 Å². The molecule has 1 atom stereocenters. The first-order chi connectivity index (χ1) is 9.29. The van der Waals surface area contributed by atoms with Crippen LogP contribution >= 0.6 is 12.6 Å². The SMILES string of the molecule is CC(C)CCOC(C)CCCC(=O)O.NC(=O)CCS. The Labute approximate surface area is 127 Å². The van der Waals surface area contributed by atoms with E-state index in [1.54, 1.807) is 0 Å². The highest BCUT2D eigenvalue weighted by molar-refractivity contribution is 7.80. The first kappa shape index (κ1) is 21.5. The second-order valence-electron chi connectivity index (χ2n) is 5.09. The van der Waals surface area contributed by atoms with E-state index in [0.717, 1.165) is 19.4 Å². The lowest BCUT2D eigenvalue weighted by Gasteiger charge is -2.13. The highest BCUT2D eigenvalue weighted by Crippen LogP contribution is 2.07. The molecule has 120 valence electrons. The van der Waals surface area contributed by atoms with Crippen LogP contribution in [0, 0.1) is 5.92 Å². The number of aliphatic carboxylic acids is 1. The van der Waals surface area contributed by atoms with Gasteiger partial charge in [-0.25, -0.2) is 0 Å². The van der Waals surface area contributed by atoms with Crippen molar-refractivity contribution in [1.29, 1.82) is 0 Å². The lowest BCUT2D eigenvalue weighted by Crippen LogP contribution is -2.11. The third kappa shape index (κ3) is 22.4. The third-order valence-electron chi connectivity index (χ3n) is 2.46. The van der Waals surface area contributed by atoms with E-state index in [1.165, 1.54) is 0 Å². The maximum absolute atomic E-state index is 10.2. The maximum atomic E-state index is 10.2. The number of rotatable bonds is 10. The van der Waals surface area contributed by atoms with Crippen LogP contribution in [0.3, 0.4) is 0 Å². The largest absolute Gasteiger partial charge is 0.481 e. The van der Waals surface area contributed by atoms with Gasteiger partial charge in [0.15, 0.2) is 0 Å². The zero-order valence-electron chi connectivity index (χ0n) is 12.8. The van der Waals surface area contributed by atoms with Gasteiger partial charge in [0.05, 0.1) is 6.10 Å². The summed E-state index contributed by atoms with van der Waals surface area (Å²) in [6.45, 7) is 7.12. The first-order valence-corrected chi connectivity index (χ1v) is 7.65. The van der Waals surface area contributed by atoms with E-state index in [1.807, 2.05) is 6.92 Å². The standard InChI is InChI=1S/C11H22O3.C3H7NOS/c1-9(2)7-8-14-10(3)5-4-6-11(12)13;4-3(5)1-2-6/h9-10H,4-8H2,1-3H3,(H,12,13);6H,1-2H2,(H2,4,5). The number of primary amides is 1. The van der Waals surface area contributed by atoms with Crippen LogP contribution in [-0.4, -0.2) is 35.4 Å². The Kier molecular flexibility index (Phi) is 15.8. The van der Waals surface area contributed by atoms with Crippen LogP contribution in [0.5, 0.6) is 0 Å². The van der Waals surface area contributed by atoms with Gasteiger partial charge >= 0.3 is 5.97 Å². The third-order valence-corrected chi connectivity index (χ3v) is 2.68. The number of nitrogens with two attached hydrogens (primary N) is 1. The van der Waals surface area contributed by atoms with Gasteiger partial charge in [-0.05, 0) is 37.9 Å². The summed E-state index contributed by atoms with van der Waals surface area (Å²) in [7, 11) is 0. The molecule has 3 N–H and O–H groups in total. The van der Waals surface area contributed by atoms with Crippen LogP contribution in [-0.2, 0) is 14.3 Å². The highest BCUT2D eigenvalue weighted by Gasteiger charge is 2.04. The van der Waals surface area contributed by atoms with Crippen molar-refractivity contribution in [2.24, 2.45) is 11.7 Å². The van der Waals surface area contributed by atoms with Crippen molar-refractivity contribution in [2.75, 3.05) is 12.4 Å². The molecule has 0 spiro atoms. The molecule has 1 unspecified atom stereocenters. The quantitative estimate of drug-likeness (QED) is 0.541. The Hall–Kier alpha value is -0.750. The fourth-order valence-electron chi connectivity index (χ4n) is 1.24. The van der Waals surface area contributed by atoms with Gasteiger partial charge in [0.1, 0.15) is 0 Å². The second kappa shape index (κ2) is 14.7. The predicted molar refractivity (Wildman–Crippen MR) is 84.0 cm³/mol. The summed E-state index contributed by atoms with van der Waals surface area (Å²) in [6.07, 6.45) is 3.43. The van der Waals surface area contributed by atoms with Gasteiger partial charge in [-0.1, -0.05) is 13.8 Å². The summed E-state index contributed by atoms with van der Waals surface area (Å²) in [5.74, 6) is 0.209. The number of carboxylic acid groups (broad SMARTS) is 1. The summed E-state index contributed by atoms with van der Waals surface area (Å²) in [6, 6.07) is 0. The Balaban J connectivity index is 0. The Morgan fingerprint density at radius 3 is 2.15 bits per heavy atom. The van der Waals surface area contributed by atoms with Crippen LogP contribution in [0.25, 0.3) is 0 Å². The first-order valence-electron chi connectivity index (χ1n) is 7.02. The fraction of sp³-hybridized carbons (Fsp3) is 0.857. The lowest BCUT2D eigenvalue weighted by atomic mass is 10.1. The number of hydrogen-bond donors (Lipinski definition) is 3. The molecule has 1 amide bonds. The van der Waals surface area contributed by atoms with Crippen LogP contribution in [0.15, 0.2) is 0 Å². The normalized spacial score (nSPS) is 11.7. The van der Waals surface area contributed by atoms with E-state index < -0.39 is 5.97 Å². The van der Waals surface area contributed by atoms with Crippen molar-refractivity contribution in [2.45, 2.75) is 59.0 Å². The molecule has 0 aromatic heterocycles. The number of carbonyl (C=O) groups excluding carboxylic acids is 1. The smallest absolute Gasteiger partial charge is 0.303 e. The molecule has 0 heterocycles. The zero-order valence-corrected chi connectivity index (χ0v) is 13.7. The molecule has 0 aromatic carbocycles. The molecule has 0 aromatic rings. The number of ether oxygens (including phenoxy) is 1. The van der Waals surface area contributed by atoms with E-state index in [9.17, 15) is 9.59 Å². The molecule has 20 heavy (non-hydrogen) atoms. The number of thiol groups is 1. The van der Waals surface area contributed by atoms with Gasteiger partial charge < -0.3 is 15.6 Å². The fourth-order valence-corrected chi connectivity index (χ4v) is 1.46. The van der Waals surface area contributed by atoms with Gasteiger partial charge in [0, 0.05) is 19.4 Å². The van der Waals surface area contributed by atoms with Gasteiger partial charge in [0.2, 0.25) is 5.91 Å². The molecular formula is C14H29NO4S. The van der Waals surface area contributed by atoms with Crippen molar-refractivity contribution >= 4 is 24.5 Å². The van der Waals surface area contributed by atoms with E-state index >= 15 is 0 Å². The molecule has 0 aliphatic heterocycles. The number of carboxylic acids is 1. The highest BCUT2D eigenvalue weighted by atomic mass is 32.1. The van der Waals surface area contributed by atoms with Crippen molar-refractivity contribution < 1.29 is 19.4 Å². The van der Waals surface area contributed by atoms with E-state index in [0.29, 0.717) is 24.5 Å². The van der Waals surface area contributed by atoms with Gasteiger partial charge in [-0.3, -0.25) is 9.59 Å². The number of hydrogen-bond acceptors (Lipinski definition) is 4. The summed E-state index contributed by atoms with van der Waals surface area (Å²) >= 11 is 3.76. The summed E-state index contributed by atoms with van der Waals surface area (Å²) in [4.78, 5) is 20.0. The van der Waals surface area contributed by atoms with Crippen LogP contribution in [0.2, 0.25) is 0 Å². The van der Waals surface area contributed by atoms with E-state index in [2.05, 4.69) is 26.5 Å². The summed E-state index contributed by atoms with van der Waals surface area (Å²) < 4.78 is 5.54. The molecule has 0 radical (unpaired) electrons. The van der Waals surface area contributed by atoms with E-state index in [-0.39, 0.29) is 18.4 Å². The number of amides is 1. The van der Waals surface area contributed by atoms with Gasteiger partial charge in [-0.15, -0.1) is 0 Å². The molecule has 0 saturated carbocycles. The van der Waals surface area contributed by atoms with Gasteiger partial charge in [0.25, 0.3) is 0 Å². The van der Waals surface area contributed by atoms with Crippen LogP contribution in [0.4, 0.5) is 0 Å². The van der Waals surface area contributed by atoms with Crippen molar-refractivity contribution in [3.63, 3.8) is 0 Å². The second-order valence-corrected chi connectivity index (χ2v) is 5.54. The summed E-state index contributed by atoms with van der Waals surface area (Å²) in [5.41, 5.74) is 4.72. The number of carbonyl (C=O) groups is 2. The molecule has 0 fully saturated rings. The van der Waals surface area contributed by atoms with Crippen molar-refractivity contribution in [3.05, 3.63) is 0 Å². The minimum absolute atomic E-state index is 0.188. The maximum Gasteiger partial charge on any atom is 0.303 e. The van der Waals surface area contributed by atoms with Crippen molar-refractivity contribution in [1.82, 2.24) is 0 Å². The van der Waals surface area contributed by atoms with Crippen LogP contribution in [0.1, 0.15) is 52.9 Å².